The van der Waals surface area contributed by atoms with E-state index in [9.17, 15) is 4.79 Å². The first-order valence-electron chi connectivity index (χ1n) is 9.59. The monoisotopic (exact) mass is 380 g/mol. The second-order valence-electron chi connectivity index (χ2n) is 7.45. The van der Waals surface area contributed by atoms with Crippen molar-refractivity contribution in [2.75, 3.05) is 5.32 Å². The molecule has 0 saturated heterocycles. The zero-order valence-corrected chi connectivity index (χ0v) is 15.3. The van der Waals surface area contributed by atoms with E-state index in [1.165, 1.54) is 0 Å². The molecule has 0 spiro atoms. The van der Waals surface area contributed by atoms with Crippen LogP contribution in [0.1, 0.15) is 41.6 Å². The van der Waals surface area contributed by atoms with Gasteiger partial charge in [0, 0.05) is 36.0 Å². The number of pyridine rings is 2. The number of anilines is 1. The molecule has 0 radical (unpaired) electrons. The van der Waals surface area contributed by atoms with Gasteiger partial charge in [0.05, 0.1) is 23.0 Å². The van der Waals surface area contributed by atoms with Gasteiger partial charge in [-0.1, -0.05) is 18.9 Å². The van der Waals surface area contributed by atoms with Crippen LogP contribution in [-0.4, -0.2) is 32.6 Å². The van der Waals surface area contributed by atoms with E-state index in [1.807, 2.05) is 24.4 Å². The van der Waals surface area contributed by atoms with Gasteiger partial charge < -0.3 is 16.4 Å². The maximum absolute atomic E-state index is 15.2. The molecular formula is C20H21FN6O. The second kappa shape index (κ2) is 6.56. The van der Waals surface area contributed by atoms with Gasteiger partial charge in [-0.3, -0.25) is 4.79 Å². The lowest BCUT2D eigenvalue weighted by Crippen LogP contribution is -2.43. The Bertz CT molecular complexity index is 1080. The van der Waals surface area contributed by atoms with Crippen molar-refractivity contribution in [1.29, 1.82) is 0 Å². The molecule has 1 aliphatic carbocycles. The van der Waals surface area contributed by atoms with E-state index < -0.39 is 5.82 Å². The molecule has 5 rings (SSSR count). The van der Waals surface area contributed by atoms with Crippen LogP contribution in [0, 0.1) is 5.82 Å². The number of amides is 1. The van der Waals surface area contributed by atoms with Gasteiger partial charge in [0.15, 0.2) is 11.6 Å². The van der Waals surface area contributed by atoms with Crippen LogP contribution in [0.2, 0.25) is 0 Å². The van der Waals surface area contributed by atoms with Gasteiger partial charge in [-0.05, 0) is 25.0 Å². The van der Waals surface area contributed by atoms with Crippen LogP contribution in [0.5, 0.6) is 0 Å². The molecule has 1 saturated carbocycles. The van der Waals surface area contributed by atoms with Crippen LogP contribution in [0.3, 0.4) is 0 Å². The molecule has 2 atom stereocenters. The summed E-state index contributed by atoms with van der Waals surface area (Å²) in [5.74, 6) is -0.637. The zero-order valence-electron chi connectivity index (χ0n) is 15.3. The van der Waals surface area contributed by atoms with Crippen molar-refractivity contribution in [2.45, 2.75) is 44.3 Å². The van der Waals surface area contributed by atoms with E-state index in [4.69, 9.17) is 5.73 Å². The molecule has 4 N–H and O–H groups in total. The highest BCUT2D eigenvalue weighted by Crippen LogP contribution is 2.35. The number of carbonyl (C=O) groups is 1. The van der Waals surface area contributed by atoms with Gasteiger partial charge in [-0.15, -0.1) is 0 Å². The van der Waals surface area contributed by atoms with Gasteiger partial charge in [0.2, 0.25) is 0 Å². The van der Waals surface area contributed by atoms with Gasteiger partial charge in [0.1, 0.15) is 0 Å². The molecule has 0 aromatic carbocycles. The average molecular weight is 380 g/mol. The molecular weight excluding hydrogens is 359 g/mol. The maximum Gasteiger partial charge on any atom is 0.254 e. The van der Waals surface area contributed by atoms with E-state index in [0.29, 0.717) is 16.8 Å². The molecule has 7 nitrogen and oxygen atoms in total. The average Bonchev–Trinajstić information content (AvgIpc) is 3.30. The normalized spacial score (nSPS) is 21.6. The first kappa shape index (κ1) is 17.1. The van der Waals surface area contributed by atoms with Gasteiger partial charge in [-0.2, -0.15) is 5.10 Å². The van der Waals surface area contributed by atoms with Crippen molar-refractivity contribution in [3.8, 4) is 11.3 Å². The summed E-state index contributed by atoms with van der Waals surface area (Å²) in [6.45, 7) is 0.153. The Morgan fingerprint density at radius 1 is 1.29 bits per heavy atom. The predicted octanol–water partition coefficient (Wildman–Crippen LogP) is 2.46. The van der Waals surface area contributed by atoms with E-state index >= 15 is 4.39 Å². The summed E-state index contributed by atoms with van der Waals surface area (Å²) in [6.07, 6.45) is 7.42. The number of hydrogen-bond donors (Lipinski definition) is 3. The summed E-state index contributed by atoms with van der Waals surface area (Å²) >= 11 is 0. The third kappa shape index (κ3) is 2.63. The summed E-state index contributed by atoms with van der Waals surface area (Å²) in [7, 11) is 0. The fraction of sp³-hybridized carbons (Fsp3) is 0.350. The fourth-order valence-electron chi connectivity index (χ4n) is 4.20. The highest BCUT2D eigenvalue weighted by molar-refractivity contribution is 6.05. The Morgan fingerprint density at radius 2 is 2.14 bits per heavy atom. The van der Waals surface area contributed by atoms with Gasteiger partial charge in [-0.25, -0.2) is 13.9 Å². The Morgan fingerprint density at radius 3 is 3.00 bits per heavy atom. The van der Waals surface area contributed by atoms with Crippen LogP contribution in [0.25, 0.3) is 16.8 Å². The molecule has 28 heavy (non-hydrogen) atoms. The molecule has 3 aromatic heterocycles. The minimum Gasteiger partial charge on any atom is -0.363 e. The smallest absolute Gasteiger partial charge is 0.254 e. The van der Waals surface area contributed by atoms with Crippen LogP contribution in [-0.2, 0) is 6.54 Å². The number of rotatable bonds is 3. The van der Waals surface area contributed by atoms with Crippen molar-refractivity contribution in [3.05, 3.63) is 47.5 Å². The molecule has 3 aromatic rings. The standard InChI is InChI=1S/C20H21FN6O/c21-17-12-9-23-20(28)16(12)18(11-10-24-27-8-4-3-7-15(11)27)26-19(17)25-14-6-2-1-5-13(14)22/h3-4,7-8,10,13-14H,1-2,5-6,9,22H2,(H,23,28)(H,25,26)/t13-,14+/m0/s1. The summed E-state index contributed by atoms with van der Waals surface area (Å²) in [5, 5.41) is 10.3. The third-order valence-electron chi connectivity index (χ3n) is 5.71. The van der Waals surface area contributed by atoms with Crippen molar-refractivity contribution in [3.63, 3.8) is 0 Å². The summed E-state index contributed by atoms with van der Waals surface area (Å²) in [4.78, 5) is 17.0. The van der Waals surface area contributed by atoms with Crippen LogP contribution < -0.4 is 16.4 Å². The predicted molar refractivity (Wildman–Crippen MR) is 103 cm³/mol. The van der Waals surface area contributed by atoms with Crippen molar-refractivity contribution in [2.24, 2.45) is 5.73 Å². The van der Waals surface area contributed by atoms with Crippen molar-refractivity contribution < 1.29 is 9.18 Å². The SMILES string of the molecule is N[C@H]1CCCC[C@H]1Nc1nc(-c2cnn3ccccc23)c2c(c1F)CNC2=O. The summed E-state index contributed by atoms with van der Waals surface area (Å²) in [6, 6.07) is 5.59. The Labute approximate surface area is 161 Å². The zero-order chi connectivity index (χ0) is 19.3. The molecule has 0 unspecified atom stereocenters. The van der Waals surface area contributed by atoms with E-state index in [2.05, 4.69) is 20.7 Å². The topological polar surface area (TPSA) is 97.3 Å². The lowest BCUT2D eigenvalue weighted by atomic mass is 9.91. The van der Waals surface area contributed by atoms with E-state index in [0.717, 1.165) is 31.2 Å². The minimum absolute atomic E-state index is 0.0318. The second-order valence-corrected chi connectivity index (χ2v) is 7.45. The summed E-state index contributed by atoms with van der Waals surface area (Å²) in [5.41, 5.74) is 8.81. The third-order valence-corrected chi connectivity index (χ3v) is 5.71. The number of hydrogen-bond acceptors (Lipinski definition) is 5. The van der Waals surface area contributed by atoms with Gasteiger partial charge in [0.25, 0.3) is 5.91 Å². The fourth-order valence-corrected chi connectivity index (χ4v) is 4.20. The number of fused-ring (bicyclic) bond motifs is 2. The van der Waals surface area contributed by atoms with Crippen LogP contribution >= 0.6 is 0 Å². The lowest BCUT2D eigenvalue weighted by molar-refractivity contribution is 0.0966. The number of aromatic nitrogens is 3. The van der Waals surface area contributed by atoms with Gasteiger partial charge >= 0.3 is 0 Å². The minimum atomic E-state index is -0.480. The van der Waals surface area contributed by atoms with E-state index in [1.54, 1.807) is 10.7 Å². The molecule has 1 amide bonds. The molecule has 0 bridgehead atoms. The largest absolute Gasteiger partial charge is 0.363 e. The number of nitrogens with zero attached hydrogens (tertiary/aromatic N) is 3. The van der Waals surface area contributed by atoms with Crippen LogP contribution in [0.15, 0.2) is 30.6 Å². The molecule has 8 heteroatoms. The van der Waals surface area contributed by atoms with Crippen molar-refractivity contribution >= 4 is 17.2 Å². The number of nitrogens with one attached hydrogen (secondary N) is 2. The number of carbonyl (C=O) groups excluding carboxylic acids is 1. The quantitative estimate of drug-likeness (QED) is 0.649. The molecule has 1 aliphatic heterocycles. The number of halogens is 1. The first-order valence-corrected chi connectivity index (χ1v) is 9.59. The summed E-state index contributed by atoms with van der Waals surface area (Å²) < 4.78 is 16.9. The molecule has 2 aliphatic rings. The van der Waals surface area contributed by atoms with Crippen molar-refractivity contribution in [1.82, 2.24) is 19.9 Å². The maximum atomic E-state index is 15.2. The highest BCUT2D eigenvalue weighted by atomic mass is 19.1. The Hall–Kier alpha value is -3.00. The van der Waals surface area contributed by atoms with Crippen LogP contribution in [0.4, 0.5) is 10.2 Å². The molecule has 144 valence electrons. The molecule has 1 fully saturated rings. The lowest BCUT2D eigenvalue weighted by Gasteiger charge is -2.30. The first-order chi connectivity index (χ1) is 13.6. The molecule has 4 heterocycles. The highest BCUT2D eigenvalue weighted by Gasteiger charge is 2.32. The Balaban J connectivity index is 1.66. The van der Waals surface area contributed by atoms with E-state index in [-0.39, 0.29) is 35.9 Å². The Kier molecular flexibility index (Phi) is 4.01. The number of nitrogens with two attached hydrogens (primary N) is 1.